The second-order valence-electron chi connectivity index (χ2n) is 10.3. The molecule has 0 radical (unpaired) electrons. The minimum atomic E-state index is -3.47. The Morgan fingerprint density at radius 1 is 1.03 bits per heavy atom. The largest absolute Gasteiger partial charge is 0.339 e. The maximum atomic E-state index is 13.2. The lowest BCUT2D eigenvalue weighted by Crippen LogP contribution is -2.49. The first-order chi connectivity index (χ1) is 16.5. The second-order valence-corrected chi connectivity index (χ2v) is 12.2. The molecular formula is C26H38N4O3S. The Bertz CT molecular complexity index is 1130. The van der Waals surface area contributed by atoms with Gasteiger partial charge in [-0.05, 0) is 69.1 Å². The van der Waals surface area contributed by atoms with Gasteiger partial charge in [-0.25, -0.2) is 13.4 Å². The molecule has 1 aromatic heterocycles. The number of aromatic nitrogens is 2. The highest BCUT2D eigenvalue weighted by Gasteiger charge is 2.35. The highest BCUT2D eigenvalue weighted by atomic mass is 32.2. The van der Waals surface area contributed by atoms with Crippen LogP contribution in [0.5, 0.6) is 0 Å². The van der Waals surface area contributed by atoms with Crippen LogP contribution in [-0.4, -0.2) is 58.8 Å². The molecule has 0 spiro atoms. The van der Waals surface area contributed by atoms with E-state index in [0.717, 1.165) is 56.5 Å². The molecule has 7 nitrogen and oxygen atoms in total. The molecule has 1 aliphatic carbocycles. The summed E-state index contributed by atoms with van der Waals surface area (Å²) in [4.78, 5) is 20.6. The van der Waals surface area contributed by atoms with E-state index in [2.05, 4.69) is 16.4 Å². The summed E-state index contributed by atoms with van der Waals surface area (Å²) in [6, 6.07) is 5.76. The number of imidazole rings is 1. The molecule has 186 valence electrons. The van der Waals surface area contributed by atoms with E-state index in [9.17, 15) is 13.2 Å². The van der Waals surface area contributed by atoms with Gasteiger partial charge in [0.1, 0.15) is 5.82 Å². The van der Waals surface area contributed by atoms with Crippen LogP contribution in [0.15, 0.2) is 23.1 Å². The second kappa shape index (κ2) is 9.97. The van der Waals surface area contributed by atoms with Crippen LogP contribution in [0.25, 0.3) is 11.0 Å². The highest BCUT2D eigenvalue weighted by Crippen LogP contribution is 2.35. The van der Waals surface area contributed by atoms with E-state index in [-0.39, 0.29) is 5.91 Å². The first-order valence-electron chi connectivity index (χ1n) is 13.3. The van der Waals surface area contributed by atoms with E-state index in [1.165, 1.54) is 25.7 Å². The van der Waals surface area contributed by atoms with Gasteiger partial charge in [-0.3, -0.25) is 4.79 Å². The third kappa shape index (κ3) is 4.51. The molecule has 2 unspecified atom stereocenters. The molecule has 3 aliphatic rings. The quantitative estimate of drug-likeness (QED) is 0.583. The van der Waals surface area contributed by atoms with Gasteiger partial charge in [0.05, 0.1) is 15.9 Å². The summed E-state index contributed by atoms with van der Waals surface area (Å²) < 4.78 is 29.8. The van der Waals surface area contributed by atoms with Gasteiger partial charge < -0.3 is 9.47 Å². The van der Waals surface area contributed by atoms with Crippen LogP contribution in [0, 0.1) is 5.92 Å². The number of carbonyl (C=O) groups is 1. The van der Waals surface area contributed by atoms with Crippen LogP contribution in [0.4, 0.5) is 0 Å². The zero-order valence-corrected chi connectivity index (χ0v) is 21.2. The summed E-state index contributed by atoms with van der Waals surface area (Å²) in [7, 11) is -3.47. The standard InChI is InChI=1S/C26H38N4O3S/c1-2-15-29-24-12-11-21(34(32,33)28-16-5-6-17-28)19-22(24)27-25(29)13-14-26(31)30-18-7-9-20-8-3-4-10-23(20)30/h11-12,19-20,23H,2-10,13-18H2,1H3. The average molecular weight is 487 g/mol. The van der Waals surface area contributed by atoms with Crippen molar-refractivity contribution >= 4 is 27.0 Å². The van der Waals surface area contributed by atoms with Crippen molar-refractivity contribution in [1.82, 2.24) is 18.8 Å². The van der Waals surface area contributed by atoms with Crippen LogP contribution in [0.1, 0.15) is 77.0 Å². The fraction of sp³-hybridized carbons (Fsp3) is 0.692. The predicted octanol–water partition coefficient (Wildman–Crippen LogP) is 4.34. The monoisotopic (exact) mass is 486 g/mol. The van der Waals surface area contributed by atoms with Gasteiger partial charge in [-0.15, -0.1) is 0 Å². The van der Waals surface area contributed by atoms with E-state index in [0.29, 0.717) is 48.3 Å². The molecule has 3 fully saturated rings. The van der Waals surface area contributed by atoms with Crippen molar-refractivity contribution in [3.63, 3.8) is 0 Å². The van der Waals surface area contributed by atoms with Crippen LogP contribution < -0.4 is 0 Å². The van der Waals surface area contributed by atoms with Gasteiger partial charge in [0.15, 0.2) is 0 Å². The molecular weight excluding hydrogens is 448 g/mol. The third-order valence-electron chi connectivity index (χ3n) is 8.07. The molecule has 2 atom stereocenters. The van der Waals surface area contributed by atoms with E-state index >= 15 is 0 Å². The van der Waals surface area contributed by atoms with Crippen molar-refractivity contribution in [3.8, 4) is 0 Å². The average Bonchev–Trinajstić information content (AvgIpc) is 3.51. The number of sulfonamides is 1. The summed E-state index contributed by atoms with van der Waals surface area (Å²) in [5, 5.41) is 0. The Labute approximate surface area is 203 Å². The molecule has 0 N–H and O–H groups in total. The minimum absolute atomic E-state index is 0.254. The van der Waals surface area contributed by atoms with Gasteiger partial charge in [-0.1, -0.05) is 19.8 Å². The van der Waals surface area contributed by atoms with Gasteiger partial charge in [0, 0.05) is 45.1 Å². The van der Waals surface area contributed by atoms with E-state index in [1.807, 2.05) is 6.07 Å². The SMILES string of the molecule is CCCn1c(CCC(=O)N2CCCC3CCCCC32)nc2cc(S(=O)(=O)N3CCCC3)ccc21. The van der Waals surface area contributed by atoms with Crippen LogP contribution in [-0.2, 0) is 27.8 Å². The third-order valence-corrected chi connectivity index (χ3v) is 9.97. The normalized spacial score (nSPS) is 24.0. The molecule has 3 heterocycles. The molecule has 0 bridgehead atoms. The van der Waals surface area contributed by atoms with E-state index in [1.54, 1.807) is 16.4 Å². The zero-order valence-electron chi connectivity index (χ0n) is 20.4. The number of aryl methyl sites for hydroxylation is 2. The maximum absolute atomic E-state index is 13.2. The number of nitrogens with zero attached hydrogens (tertiary/aromatic N) is 4. The number of hydrogen-bond acceptors (Lipinski definition) is 4. The van der Waals surface area contributed by atoms with Gasteiger partial charge in [0.2, 0.25) is 15.9 Å². The zero-order chi connectivity index (χ0) is 23.7. The Morgan fingerprint density at radius 3 is 2.59 bits per heavy atom. The fourth-order valence-electron chi connectivity index (χ4n) is 6.36. The number of amides is 1. The summed E-state index contributed by atoms with van der Waals surface area (Å²) in [6.07, 6.45) is 11.2. The number of piperidine rings is 1. The summed E-state index contributed by atoms with van der Waals surface area (Å²) in [6.45, 7) is 5.02. The Kier molecular flexibility index (Phi) is 6.98. The van der Waals surface area contributed by atoms with E-state index in [4.69, 9.17) is 4.98 Å². The van der Waals surface area contributed by atoms with Crippen molar-refractivity contribution < 1.29 is 13.2 Å². The van der Waals surface area contributed by atoms with Crippen LogP contribution >= 0.6 is 0 Å². The molecule has 34 heavy (non-hydrogen) atoms. The number of carbonyl (C=O) groups excluding carboxylic acids is 1. The molecule has 2 saturated heterocycles. The van der Waals surface area contributed by atoms with Crippen molar-refractivity contribution in [2.24, 2.45) is 5.92 Å². The number of fused-ring (bicyclic) bond motifs is 2. The van der Waals surface area contributed by atoms with Crippen LogP contribution in [0.3, 0.4) is 0 Å². The summed E-state index contributed by atoms with van der Waals surface area (Å²) in [5.74, 6) is 1.83. The lowest BCUT2D eigenvalue weighted by molar-refractivity contribution is -0.137. The summed E-state index contributed by atoms with van der Waals surface area (Å²) >= 11 is 0. The van der Waals surface area contributed by atoms with Crippen molar-refractivity contribution in [2.75, 3.05) is 19.6 Å². The molecule has 2 aliphatic heterocycles. The molecule has 1 saturated carbocycles. The lowest BCUT2D eigenvalue weighted by atomic mass is 9.78. The minimum Gasteiger partial charge on any atom is -0.339 e. The Balaban J connectivity index is 1.36. The number of rotatable bonds is 7. The first kappa shape index (κ1) is 23.8. The fourth-order valence-corrected chi connectivity index (χ4v) is 7.90. The predicted molar refractivity (Wildman–Crippen MR) is 133 cm³/mol. The van der Waals surface area contributed by atoms with Crippen molar-refractivity contribution in [1.29, 1.82) is 0 Å². The molecule has 1 amide bonds. The number of likely N-dealkylation sites (tertiary alicyclic amines) is 1. The molecule has 5 rings (SSSR count). The summed E-state index contributed by atoms with van der Waals surface area (Å²) in [5.41, 5.74) is 1.66. The van der Waals surface area contributed by atoms with Gasteiger partial charge in [-0.2, -0.15) is 4.31 Å². The molecule has 1 aromatic carbocycles. The van der Waals surface area contributed by atoms with Gasteiger partial charge >= 0.3 is 0 Å². The smallest absolute Gasteiger partial charge is 0.243 e. The number of hydrogen-bond donors (Lipinski definition) is 0. The van der Waals surface area contributed by atoms with Crippen molar-refractivity contribution in [2.45, 2.75) is 95.0 Å². The molecule has 8 heteroatoms. The Hall–Kier alpha value is -1.93. The lowest BCUT2D eigenvalue weighted by Gasteiger charge is -2.44. The first-order valence-corrected chi connectivity index (χ1v) is 14.7. The highest BCUT2D eigenvalue weighted by molar-refractivity contribution is 7.89. The topological polar surface area (TPSA) is 75.5 Å². The Morgan fingerprint density at radius 2 is 1.79 bits per heavy atom. The molecule has 2 aromatic rings. The van der Waals surface area contributed by atoms with Crippen molar-refractivity contribution in [3.05, 3.63) is 24.0 Å². The van der Waals surface area contributed by atoms with Gasteiger partial charge in [0.25, 0.3) is 0 Å². The number of benzene rings is 1. The maximum Gasteiger partial charge on any atom is 0.243 e. The van der Waals surface area contributed by atoms with E-state index < -0.39 is 10.0 Å². The van der Waals surface area contributed by atoms with Crippen LogP contribution in [0.2, 0.25) is 0 Å².